The SMILES string of the molecule is CC(C)OC(=O)C1CCC(CCN(COC=O)C(C)C)N1. The Morgan fingerprint density at radius 2 is 2.05 bits per heavy atom. The molecule has 1 rings (SSSR count). The molecule has 1 aliphatic rings. The molecule has 0 aliphatic carbocycles. The molecule has 1 heterocycles. The van der Waals surface area contributed by atoms with Gasteiger partial charge < -0.3 is 14.8 Å². The smallest absolute Gasteiger partial charge is 0.323 e. The van der Waals surface area contributed by atoms with E-state index in [1.165, 1.54) is 0 Å². The van der Waals surface area contributed by atoms with Crippen molar-refractivity contribution in [2.45, 2.75) is 71.2 Å². The molecule has 0 aromatic carbocycles. The molecule has 2 atom stereocenters. The minimum absolute atomic E-state index is 0.0738. The fourth-order valence-electron chi connectivity index (χ4n) is 2.47. The summed E-state index contributed by atoms with van der Waals surface area (Å²) in [7, 11) is 0. The topological polar surface area (TPSA) is 67.9 Å². The summed E-state index contributed by atoms with van der Waals surface area (Å²) >= 11 is 0. The van der Waals surface area contributed by atoms with Crippen molar-refractivity contribution < 1.29 is 19.1 Å². The predicted molar refractivity (Wildman–Crippen MR) is 79.6 cm³/mol. The van der Waals surface area contributed by atoms with Crippen LogP contribution in [0.5, 0.6) is 0 Å². The number of carbonyl (C=O) groups is 2. The highest BCUT2D eigenvalue weighted by Gasteiger charge is 2.30. The minimum atomic E-state index is -0.184. The van der Waals surface area contributed by atoms with Gasteiger partial charge in [-0.25, -0.2) is 0 Å². The first-order valence-corrected chi connectivity index (χ1v) is 7.69. The number of nitrogens with one attached hydrogen (secondary N) is 1. The van der Waals surface area contributed by atoms with Crippen molar-refractivity contribution in [2.75, 3.05) is 13.3 Å². The first-order chi connectivity index (χ1) is 9.93. The highest BCUT2D eigenvalue weighted by Crippen LogP contribution is 2.17. The lowest BCUT2D eigenvalue weighted by atomic mass is 10.1. The number of ether oxygens (including phenoxy) is 2. The molecule has 6 nitrogen and oxygen atoms in total. The molecule has 0 spiro atoms. The second-order valence-corrected chi connectivity index (χ2v) is 6.07. The maximum absolute atomic E-state index is 11.8. The maximum Gasteiger partial charge on any atom is 0.323 e. The van der Waals surface area contributed by atoms with Gasteiger partial charge in [-0.2, -0.15) is 0 Å². The van der Waals surface area contributed by atoms with Crippen molar-refractivity contribution in [1.82, 2.24) is 10.2 Å². The quantitative estimate of drug-likeness (QED) is 0.393. The summed E-state index contributed by atoms with van der Waals surface area (Å²) < 4.78 is 10.1. The summed E-state index contributed by atoms with van der Waals surface area (Å²) in [5.41, 5.74) is 0. The molecular weight excluding hydrogens is 272 g/mol. The summed E-state index contributed by atoms with van der Waals surface area (Å²) in [5, 5.41) is 3.33. The fraction of sp³-hybridized carbons (Fsp3) is 0.867. The van der Waals surface area contributed by atoms with Crippen LogP contribution in [0.3, 0.4) is 0 Å². The highest BCUT2D eigenvalue weighted by molar-refractivity contribution is 5.76. The van der Waals surface area contributed by atoms with Crippen LogP contribution in [0.4, 0.5) is 0 Å². The Morgan fingerprint density at radius 1 is 1.33 bits per heavy atom. The van der Waals surface area contributed by atoms with Crippen LogP contribution in [-0.4, -0.2) is 54.8 Å². The molecule has 0 saturated carbocycles. The molecular formula is C15H28N2O4. The summed E-state index contributed by atoms with van der Waals surface area (Å²) in [5.74, 6) is -0.155. The van der Waals surface area contributed by atoms with E-state index < -0.39 is 0 Å². The summed E-state index contributed by atoms with van der Waals surface area (Å²) in [6.45, 7) is 9.47. The summed E-state index contributed by atoms with van der Waals surface area (Å²) in [6.07, 6.45) is 2.64. The van der Waals surface area contributed by atoms with Gasteiger partial charge in [-0.05, 0) is 47.0 Å². The number of nitrogens with zero attached hydrogens (tertiary/aromatic N) is 1. The van der Waals surface area contributed by atoms with Gasteiger partial charge in [0.25, 0.3) is 6.47 Å². The molecule has 1 fully saturated rings. The third-order valence-electron chi connectivity index (χ3n) is 3.68. The predicted octanol–water partition coefficient (Wildman–Crippen LogP) is 1.29. The number of esters is 1. The highest BCUT2D eigenvalue weighted by atomic mass is 16.5. The van der Waals surface area contributed by atoms with Crippen LogP contribution in [-0.2, 0) is 19.1 Å². The van der Waals surface area contributed by atoms with Gasteiger partial charge in [0.2, 0.25) is 0 Å². The van der Waals surface area contributed by atoms with Crippen LogP contribution in [0.15, 0.2) is 0 Å². The summed E-state index contributed by atoms with van der Waals surface area (Å²) in [4.78, 5) is 24.2. The first-order valence-electron chi connectivity index (χ1n) is 7.69. The average molecular weight is 300 g/mol. The van der Waals surface area contributed by atoms with E-state index in [-0.39, 0.29) is 18.1 Å². The number of hydrogen-bond donors (Lipinski definition) is 1. The molecule has 21 heavy (non-hydrogen) atoms. The molecule has 6 heteroatoms. The Labute approximate surface area is 127 Å². The fourth-order valence-corrected chi connectivity index (χ4v) is 2.47. The van der Waals surface area contributed by atoms with E-state index in [9.17, 15) is 9.59 Å². The summed E-state index contributed by atoms with van der Waals surface area (Å²) in [6, 6.07) is 0.441. The van der Waals surface area contributed by atoms with Crippen LogP contribution < -0.4 is 5.32 Å². The number of hydrogen-bond acceptors (Lipinski definition) is 6. The van der Waals surface area contributed by atoms with Gasteiger partial charge in [0, 0.05) is 18.6 Å². The average Bonchev–Trinajstić information content (AvgIpc) is 2.86. The van der Waals surface area contributed by atoms with Crippen LogP contribution in [0.25, 0.3) is 0 Å². The van der Waals surface area contributed by atoms with Gasteiger partial charge in [0.15, 0.2) is 0 Å². The number of carbonyl (C=O) groups excluding carboxylic acids is 2. The number of rotatable bonds is 9. The Hall–Kier alpha value is -1.14. The van der Waals surface area contributed by atoms with Crippen LogP contribution in [0.2, 0.25) is 0 Å². The van der Waals surface area contributed by atoms with Gasteiger partial charge in [0.05, 0.1) is 6.10 Å². The van der Waals surface area contributed by atoms with E-state index in [2.05, 4.69) is 24.1 Å². The van der Waals surface area contributed by atoms with Crippen molar-refractivity contribution >= 4 is 12.4 Å². The zero-order valence-corrected chi connectivity index (χ0v) is 13.5. The molecule has 2 unspecified atom stereocenters. The Morgan fingerprint density at radius 3 is 2.62 bits per heavy atom. The van der Waals surface area contributed by atoms with Crippen LogP contribution in [0, 0.1) is 0 Å². The first kappa shape index (κ1) is 17.9. The zero-order chi connectivity index (χ0) is 15.8. The third kappa shape index (κ3) is 6.44. The normalized spacial score (nSPS) is 22.0. The van der Waals surface area contributed by atoms with Crippen molar-refractivity contribution in [3.8, 4) is 0 Å². The third-order valence-corrected chi connectivity index (χ3v) is 3.68. The Bertz CT molecular complexity index is 334. The van der Waals surface area contributed by atoms with Gasteiger partial charge in [-0.15, -0.1) is 0 Å². The molecule has 122 valence electrons. The van der Waals surface area contributed by atoms with Gasteiger partial charge in [-0.3, -0.25) is 14.5 Å². The lowest BCUT2D eigenvalue weighted by molar-refractivity contribution is -0.149. The van der Waals surface area contributed by atoms with Crippen molar-refractivity contribution in [3.05, 3.63) is 0 Å². The lowest BCUT2D eigenvalue weighted by Gasteiger charge is -2.26. The van der Waals surface area contributed by atoms with E-state index in [0.717, 1.165) is 25.8 Å². The minimum Gasteiger partial charge on any atom is -0.462 e. The molecule has 0 aromatic heterocycles. The molecule has 0 aromatic rings. The van der Waals surface area contributed by atoms with Gasteiger partial charge in [0.1, 0.15) is 12.8 Å². The van der Waals surface area contributed by atoms with Gasteiger partial charge >= 0.3 is 5.97 Å². The Kier molecular flexibility index (Phi) is 7.67. The molecule has 1 saturated heterocycles. The molecule has 0 radical (unpaired) electrons. The van der Waals surface area contributed by atoms with E-state index in [1.807, 2.05) is 13.8 Å². The van der Waals surface area contributed by atoms with E-state index in [1.54, 1.807) is 0 Å². The van der Waals surface area contributed by atoms with Crippen molar-refractivity contribution in [3.63, 3.8) is 0 Å². The van der Waals surface area contributed by atoms with Crippen LogP contribution in [0.1, 0.15) is 47.0 Å². The standard InChI is InChI=1S/C15H28N2O4/c1-11(2)17(9-20-10-18)8-7-13-5-6-14(16-13)15(19)21-12(3)4/h10-14,16H,5-9H2,1-4H3. The maximum atomic E-state index is 11.8. The van der Waals surface area contributed by atoms with E-state index in [4.69, 9.17) is 9.47 Å². The second-order valence-electron chi connectivity index (χ2n) is 6.07. The van der Waals surface area contributed by atoms with E-state index in [0.29, 0.717) is 25.3 Å². The zero-order valence-electron chi connectivity index (χ0n) is 13.5. The molecule has 1 N–H and O–H groups in total. The molecule has 1 aliphatic heterocycles. The molecule has 0 bridgehead atoms. The van der Waals surface area contributed by atoms with Gasteiger partial charge in [-0.1, -0.05) is 0 Å². The lowest BCUT2D eigenvalue weighted by Crippen LogP contribution is -2.40. The van der Waals surface area contributed by atoms with Crippen LogP contribution >= 0.6 is 0 Å². The second kappa shape index (κ2) is 9.00. The molecule has 0 amide bonds. The monoisotopic (exact) mass is 300 g/mol. The Balaban J connectivity index is 2.33. The van der Waals surface area contributed by atoms with Crippen molar-refractivity contribution in [2.24, 2.45) is 0 Å². The van der Waals surface area contributed by atoms with Crippen molar-refractivity contribution in [1.29, 1.82) is 0 Å². The van der Waals surface area contributed by atoms with E-state index >= 15 is 0 Å². The largest absolute Gasteiger partial charge is 0.462 e.